The summed E-state index contributed by atoms with van der Waals surface area (Å²) in [4.78, 5) is 24.4. The molecule has 150 valence electrons. The molecule has 0 amide bonds. The number of fused-ring (bicyclic) bond motifs is 1. The van der Waals surface area contributed by atoms with Crippen LogP contribution in [0.4, 0.5) is 13.2 Å². The van der Waals surface area contributed by atoms with E-state index in [9.17, 15) is 18.4 Å². The van der Waals surface area contributed by atoms with Gasteiger partial charge >= 0.3 is 0 Å². The molecular weight excluding hydrogens is 429 g/mol. The minimum atomic E-state index is -1.36. The van der Waals surface area contributed by atoms with Crippen LogP contribution in [0.1, 0.15) is 25.6 Å². The van der Waals surface area contributed by atoms with Gasteiger partial charge in [0.25, 0.3) is 0 Å². The maximum atomic E-state index is 15.0. The lowest BCUT2D eigenvalue weighted by molar-refractivity contribution is 0.101. The van der Waals surface area contributed by atoms with Crippen molar-refractivity contribution in [2.24, 2.45) is 0 Å². The Labute approximate surface area is 178 Å². The molecule has 1 heterocycles. The first-order valence-electron chi connectivity index (χ1n) is 8.88. The van der Waals surface area contributed by atoms with Crippen molar-refractivity contribution in [3.63, 3.8) is 0 Å². The minimum Gasteiger partial charge on any atom is -0.293 e. The number of hydrogen-bond acceptors (Lipinski definition) is 4. The van der Waals surface area contributed by atoms with Gasteiger partial charge in [-0.05, 0) is 6.07 Å². The molecule has 3 aromatic carbocycles. The monoisotopic (exact) mass is 442 g/mol. The summed E-state index contributed by atoms with van der Waals surface area (Å²) < 4.78 is 44.0. The highest BCUT2D eigenvalue weighted by Gasteiger charge is 2.25. The third kappa shape index (κ3) is 3.78. The largest absolute Gasteiger partial charge is 0.293 e. The van der Waals surface area contributed by atoms with Crippen LogP contribution in [0.15, 0.2) is 71.6 Å². The van der Waals surface area contributed by atoms with Gasteiger partial charge in [0, 0.05) is 16.5 Å². The Balaban J connectivity index is 1.68. The molecule has 4 rings (SSSR count). The molecule has 2 nitrogen and oxygen atoms in total. The number of halogens is 3. The molecule has 0 spiro atoms. The summed E-state index contributed by atoms with van der Waals surface area (Å²) >= 11 is 1.37. The number of rotatable bonds is 6. The summed E-state index contributed by atoms with van der Waals surface area (Å²) in [5.74, 6) is -4.53. The molecule has 0 atom stereocenters. The first-order valence-corrected chi connectivity index (χ1v) is 10.7. The molecule has 0 radical (unpaired) electrons. The van der Waals surface area contributed by atoms with Crippen molar-refractivity contribution in [1.29, 1.82) is 0 Å². The Kier molecular flexibility index (Phi) is 5.74. The minimum absolute atomic E-state index is 0.107. The fourth-order valence-electron chi connectivity index (χ4n) is 2.95. The molecule has 4 aromatic rings. The van der Waals surface area contributed by atoms with Crippen LogP contribution in [0, 0.1) is 17.5 Å². The first-order chi connectivity index (χ1) is 14.5. The van der Waals surface area contributed by atoms with Gasteiger partial charge in [-0.15, -0.1) is 23.1 Å². The Bertz CT molecular complexity index is 1250. The SMILES string of the molecule is O=C(CSc1c(F)c(F)c2cc(C(=O)c3ccccc3)sc2c1F)c1ccccc1. The smallest absolute Gasteiger partial charge is 0.202 e. The fourth-order valence-corrected chi connectivity index (χ4v) is 4.96. The van der Waals surface area contributed by atoms with Crippen molar-refractivity contribution in [3.8, 4) is 0 Å². The van der Waals surface area contributed by atoms with Gasteiger partial charge in [-0.25, -0.2) is 13.2 Å². The lowest BCUT2D eigenvalue weighted by Crippen LogP contribution is -2.03. The molecule has 0 aliphatic carbocycles. The van der Waals surface area contributed by atoms with Gasteiger partial charge in [-0.2, -0.15) is 0 Å². The van der Waals surface area contributed by atoms with Crippen molar-refractivity contribution in [3.05, 3.63) is 100 Å². The van der Waals surface area contributed by atoms with E-state index in [4.69, 9.17) is 0 Å². The predicted molar refractivity (Wildman–Crippen MR) is 113 cm³/mol. The van der Waals surface area contributed by atoms with E-state index in [-0.39, 0.29) is 26.5 Å². The molecule has 1 aromatic heterocycles. The lowest BCUT2D eigenvalue weighted by Gasteiger charge is -2.07. The third-order valence-electron chi connectivity index (χ3n) is 4.46. The van der Waals surface area contributed by atoms with Crippen LogP contribution in [-0.2, 0) is 0 Å². The van der Waals surface area contributed by atoms with E-state index in [1.807, 2.05) is 0 Å². The number of thioether (sulfide) groups is 1. The van der Waals surface area contributed by atoms with E-state index >= 15 is 4.39 Å². The molecule has 0 aliphatic heterocycles. The van der Waals surface area contributed by atoms with E-state index in [1.54, 1.807) is 60.7 Å². The second kappa shape index (κ2) is 8.45. The van der Waals surface area contributed by atoms with Gasteiger partial charge < -0.3 is 0 Å². The van der Waals surface area contributed by atoms with Crippen LogP contribution in [-0.4, -0.2) is 17.3 Å². The van der Waals surface area contributed by atoms with Crippen LogP contribution >= 0.6 is 23.1 Å². The molecule has 0 unspecified atom stereocenters. The zero-order valence-electron chi connectivity index (χ0n) is 15.3. The van der Waals surface area contributed by atoms with E-state index in [0.29, 0.717) is 22.9 Å². The normalized spacial score (nSPS) is 11.0. The third-order valence-corrected chi connectivity index (χ3v) is 6.64. The average molecular weight is 442 g/mol. The van der Waals surface area contributed by atoms with Crippen molar-refractivity contribution < 1.29 is 22.8 Å². The van der Waals surface area contributed by atoms with Crippen molar-refractivity contribution in [2.75, 3.05) is 5.75 Å². The maximum Gasteiger partial charge on any atom is 0.202 e. The van der Waals surface area contributed by atoms with Crippen LogP contribution < -0.4 is 0 Å². The number of carbonyl (C=O) groups is 2. The summed E-state index contributed by atoms with van der Waals surface area (Å²) in [5.41, 5.74) is 0.771. The van der Waals surface area contributed by atoms with Crippen LogP contribution in [0.2, 0.25) is 0 Å². The van der Waals surface area contributed by atoms with Crippen molar-refractivity contribution >= 4 is 44.8 Å². The fraction of sp³-hybridized carbons (Fsp3) is 0.0435. The molecule has 0 N–H and O–H groups in total. The van der Waals surface area contributed by atoms with Crippen LogP contribution in [0.5, 0.6) is 0 Å². The molecule has 0 saturated carbocycles. The molecule has 0 aliphatic rings. The highest BCUT2D eigenvalue weighted by Crippen LogP contribution is 2.39. The summed E-state index contributed by atoms with van der Waals surface area (Å²) in [6.45, 7) is 0. The van der Waals surface area contributed by atoms with Gasteiger partial charge in [0.2, 0.25) is 5.78 Å². The predicted octanol–water partition coefficient (Wildman–Crippen LogP) is 6.52. The molecule has 0 bridgehead atoms. The summed E-state index contributed by atoms with van der Waals surface area (Å²) in [6.07, 6.45) is 0. The van der Waals surface area contributed by atoms with Gasteiger partial charge in [-0.3, -0.25) is 9.59 Å². The highest BCUT2D eigenvalue weighted by atomic mass is 32.2. The highest BCUT2D eigenvalue weighted by molar-refractivity contribution is 8.00. The van der Waals surface area contributed by atoms with Gasteiger partial charge in [0.15, 0.2) is 23.2 Å². The van der Waals surface area contributed by atoms with Crippen molar-refractivity contribution in [2.45, 2.75) is 4.90 Å². The Hall–Kier alpha value is -2.90. The topological polar surface area (TPSA) is 34.1 Å². The number of Topliss-reactive ketones (excluding diaryl/α,β-unsaturated/α-hetero) is 1. The van der Waals surface area contributed by atoms with Gasteiger partial charge in [-0.1, -0.05) is 60.7 Å². The molecule has 30 heavy (non-hydrogen) atoms. The lowest BCUT2D eigenvalue weighted by atomic mass is 10.1. The second-order valence-electron chi connectivity index (χ2n) is 6.40. The average Bonchev–Trinajstić information content (AvgIpc) is 3.24. The summed E-state index contributed by atoms with van der Waals surface area (Å²) in [5, 5.41) is -0.284. The van der Waals surface area contributed by atoms with Gasteiger partial charge in [0.1, 0.15) is 0 Å². The number of hydrogen-bond donors (Lipinski definition) is 0. The Morgan fingerprint density at radius 2 is 1.40 bits per heavy atom. The van der Waals surface area contributed by atoms with E-state index < -0.39 is 28.1 Å². The number of thiophene rings is 1. The molecule has 0 saturated heterocycles. The number of carbonyl (C=O) groups excluding carboxylic acids is 2. The van der Waals surface area contributed by atoms with Crippen molar-refractivity contribution in [1.82, 2.24) is 0 Å². The summed E-state index contributed by atoms with van der Waals surface area (Å²) in [6, 6.07) is 17.8. The molecule has 7 heteroatoms. The zero-order valence-corrected chi connectivity index (χ0v) is 17.0. The molecular formula is C23H13F3O2S2. The quantitative estimate of drug-likeness (QED) is 0.194. The van der Waals surface area contributed by atoms with Crippen LogP contribution in [0.25, 0.3) is 10.1 Å². The standard InChI is InChI=1S/C23H13F3O2S2/c24-18-15-11-17(21(28)14-9-5-2-6-10-14)30-22(15)20(26)23(19(18)25)29-12-16(27)13-7-3-1-4-8-13/h1-11H,12H2. The van der Waals surface area contributed by atoms with E-state index in [2.05, 4.69) is 0 Å². The Morgan fingerprint density at radius 3 is 2.03 bits per heavy atom. The van der Waals surface area contributed by atoms with E-state index in [0.717, 1.165) is 11.3 Å². The maximum absolute atomic E-state index is 15.0. The van der Waals surface area contributed by atoms with Crippen LogP contribution in [0.3, 0.4) is 0 Å². The van der Waals surface area contributed by atoms with Gasteiger partial charge in [0.05, 0.1) is 20.2 Å². The number of benzene rings is 3. The first kappa shape index (κ1) is 20.4. The second-order valence-corrected chi connectivity index (χ2v) is 8.44. The summed E-state index contributed by atoms with van der Waals surface area (Å²) in [7, 11) is 0. The Morgan fingerprint density at radius 1 is 0.800 bits per heavy atom. The van der Waals surface area contributed by atoms with E-state index in [1.165, 1.54) is 6.07 Å². The number of ketones is 2. The zero-order chi connectivity index (χ0) is 21.3. The molecule has 0 fully saturated rings.